The molecule has 1 aromatic carbocycles. The Balaban J connectivity index is 0.00000225. The van der Waals surface area contributed by atoms with Gasteiger partial charge in [-0.1, -0.05) is 12.1 Å². The van der Waals surface area contributed by atoms with Crippen LogP contribution in [-0.4, -0.2) is 41.0 Å². The molecule has 0 radical (unpaired) electrons. The third-order valence-corrected chi connectivity index (χ3v) is 4.46. The molecule has 0 unspecified atom stereocenters. The number of carbonyl (C=O) groups excluding carboxylic acids is 1. The molecule has 0 spiro atoms. The number of benzene rings is 1. The van der Waals surface area contributed by atoms with E-state index in [2.05, 4.69) is 31.7 Å². The summed E-state index contributed by atoms with van der Waals surface area (Å²) in [5.41, 5.74) is 2.00. The number of hydrogen-bond acceptors (Lipinski definition) is 4. The summed E-state index contributed by atoms with van der Waals surface area (Å²) >= 11 is 3.39. The summed E-state index contributed by atoms with van der Waals surface area (Å²) in [7, 11) is 0. The average molecular weight is 430 g/mol. The van der Waals surface area contributed by atoms with Gasteiger partial charge in [-0.2, -0.15) is 5.10 Å². The summed E-state index contributed by atoms with van der Waals surface area (Å²) in [6, 6.07) is 7.61. The lowest BCUT2D eigenvalue weighted by Crippen LogP contribution is -2.53. The van der Waals surface area contributed by atoms with Gasteiger partial charge in [0.2, 0.25) is 5.91 Å². The van der Waals surface area contributed by atoms with Crippen molar-refractivity contribution >= 4 is 39.9 Å². The van der Waals surface area contributed by atoms with Crippen LogP contribution in [0.3, 0.4) is 0 Å². The van der Waals surface area contributed by atoms with E-state index < -0.39 is 0 Å². The highest BCUT2D eigenvalue weighted by atomic mass is 79.9. The molecule has 25 heavy (non-hydrogen) atoms. The first kappa shape index (κ1) is 19.9. The second-order valence-electron chi connectivity index (χ2n) is 5.87. The number of aromatic nitrogens is 2. The Bertz CT molecular complexity index is 692. The van der Waals surface area contributed by atoms with Gasteiger partial charge in [0.1, 0.15) is 6.04 Å². The Morgan fingerprint density at radius 2 is 2.20 bits per heavy atom. The van der Waals surface area contributed by atoms with Crippen molar-refractivity contribution < 1.29 is 9.53 Å². The number of halogens is 2. The van der Waals surface area contributed by atoms with Crippen molar-refractivity contribution in [2.24, 2.45) is 0 Å². The zero-order chi connectivity index (χ0) is 16.9. The SMILES string of the molecule is C[C@H]1OCCN[C@@H]1C(=O)Nc1ccc(CCn2cc(Br)cn2)cc1.Cl. The lowest BCUT2D eigenvalue weighted by atomic mass is 10.1. The average Bonchev–Trinajstić information content (AvgIpc) is 3.00. The molecule has 136 valence electrons. The van der Waals surface area contributed by atoms with Crippen molar-refractivity contribution in [3.05, 3.63) is 46.7 Å². The van der Waals surface area contributed by atoms with E-state index in [4.69, 9.17) is 4.74 Å². The molecule has 1 saturated heterocycles. The molecule has 6 nitrogen and oxygen atoms in total. The van der Waals surface area contributed by atoms with Gasteiger partial charge >= 0.3 is 0 Å². The maximum Gasteiger partial charge on any atom is 0.244 e. The fourth-order valence-electron chi connectivity index (χ4n) is 2.71. The monoisotopic (exact) mass is 428 g/mol. The van der Waals surface area contributed by atoms with Crippen LogP contribution in [0, 0.1) is 0 Å². The van der Waals surface area contributed by atoms with Crippen LogP contribution in [0.5, 0.6) is 0 Å². The number of hydrogen-bond donors (Lipinski definition) is 2. The maximum absolute atomic E-state index is 12.3. The normalized spacial score (nSPS) is 19.9. The Morgan fingerprint density at radius 3 is 2.84 bits per heavy atom. The number of nitrogens with one attached hydrogen (secondary N) is 2. The van der Waals surface area contributed by atoms with Crippen LogP contribution in [0.25, 0.3) is 0 Å². The third kappa shape index (κ3) is 5.54. The number of aryl methyl sites for hydroxylation is 2. The number of ether oxygens (including phenoxy) is 1. The van der Waals surface area contributed by atoms with Gasteiger partial charge in [0, 0.05) is 25.0 Å². The predicted octanol–water partition coefficient (Wildman–Crippen LogP) is 2.63. The highest BCUT2D eigenvalue weighted by Gasteiger charge is 2.28. The minimum Gasteiger partial charge on any atom is -0.375 e. The molecule has 2 heterocycles. The molecule has 0 saturated carbocycles. The van der Waals surface area contributed by atoms with Crippen molar-refractivity contribution in [2.75, 3.05) is 18.5 Å². The minimum atomic E-state index is -0.309. The van der Waals surface area contributed by atoms with Gasteiger partial charge in [-0.15, -0.1) is 12.4 Å². The van der Waals surface area contributed by atoms with Crippen LogP contribution < -0.4 is 10.6 Å². The van der Waals surface area contributed by atoms with Crippen LogP contribution >= 0.6 is 28.3 Å². The van der Waals surface area contributed by atoms with Gasteiger partial charge in [0.15, 0.2) is 0 Å². The molecule has 1 amide bonds. The lowest BCUT2D eigenvalue weighted by Gasteiger charge is -2.29. The number of anilines is 1. The molecular formula is C17H22BrClN4O2. The van der Waals surface area contributed by atoms with Gasteiger partial charge in [-0.05, 0) is 47.0 Å². The summed E-state index contributed by atoms with van der Waals surface area (Å²) in [6.07, 6.45) is 4.50. The molecule has 2 aromatic rings. The fraction of sp³-hybridized carbons (Fsp3) is 0.412. The number of carbonyl (C=O) groups is 1. The summed E-state index contributed by atoms with van der Waals surface area (Å²) in [6.45, 7) is 4.07. The van der Waals surface area contributed by atoms with Crippen LogP contribution in [0.2, 0.25) is 0 Å². The van der Waals surface area contributed by atoms with Gasteiger partial charge < -0.3 is 15.4 Å². The second-order valence-corrected chi connectivity index (χ2v) is 6.78. The van der Waals surface area contributed by atoms with E-state index in [0.29, 0.717) is 13.2 Å². The van der Waals surface area contributed by atoms with E-state index in [1.165, 1.54) is 5.56 Å². The summed E-state index contributed by atoms with van der Waals surface area (Å²) in [5.74, 6) is -0.0589. The topological polar surface area (TPSA) is 68.2 Å². The van der Waals surface area contributed by atoms with Gasteiger partial charge in [0.25, 0.3) is 0 Å². The van der Waals surface area contributed by atoms with Crippen LogP contribution in [-0.2, 0) is 22.5 Å². The first-order chi connectivity index (χ1) is 11.6. The molecule has 1 aliphatic rings. The van der Waals surface area contributed by atoms with Gasteiger partial charge in [-0.3, -0.25) is 9.48 Å². The van der Waals surface area contributed by atoms with Crippen molar-refractivity contribution in [1.29, 1.82) is 0 Å². The van der Waals surface area contributed by atoms with Gasteiger partial charge in [-0.25, -0.2) is 0 Å². The smallest absolute Gasteiger partial charge is 0.244 e. The van der Waals surface area contributed by atoms with E-state index in [1.54, 1.807) is 6.20 Å². The first-order valence-corrected chi connectivity index (χ1v) is 8.84. The van der Waals surface area contributed by atoms with Crippen LogP contribution in [0.4, 0.5) is 5.69 Å². The highest BCUT2D eigenvalue weighted by Crippen LogP contribution is 2.13. The molecule has 1 aliphatic heterocycles. The molecule has 3 rings (SSSR count). The number of nitrogens with zero attached hydrogens (tertiary/aromatic N) is 2. The van der Waals surface area contributed by atoms with Crippen molar-refractivity contribution in [1.82, 2.24) is 15.1 Å². The van der Waals surface area contributed by atoms with Crippen molar-refractivity contribution in [3.8, 4) is 0 Å². The Kier molecular flexibility index (Phi) is 7.43. The summed E-state index contributed by atoms with van der Waals surface area (Å²) in [5, 5.41) is 10.4. The molecule has 2 atom stereocenters. The molecular weight excluding hydrogens is 408 g/mol. The molecule has 1 aromatic heterocycles. The molecule has 8 heteroatoms. The number of amides is 1. The molecule has 0 bridgehead atoms. The Labute approximate surface area is 161 Å². The van der Waals surface area contributed by atoms with E-state index in [-0.39, 0.29) is 30.5 Å². The Hall–Kier alpha value is -1.41. The van der Waals surface area contributed by atoms with E-state index in [0.717, 1.165) is 23.1 Å². The van der Waals surface area contributed by atoms with E-state index >= 15 is 0 Å². The summed E-state index contributed by atoms with van der Waals surface area (Å²) < 4.78 is 8.39. The minimum absolute atomic E-state index is 0. The maximum atomic E-state index is 12.3. The third-order valence-electron chi connectivity index (χ3n) is 4.05. The first-order valence-electron chi connectivity index (χ1n) is 8.04. The molecule has 0 aliphatic carbocycles. The van der Waals surface area contributed by atoms with Crippen LogP contribution in [0.15, 0.2) is 41.1 Å². The van der Waals surface area contributed by atoms with Crippen molar-refractivity contribution in [2.45, 2.75) is 32.0 Å². The number of rotatable bonds is 5. The Morgan fingerprint density at radius 1 is 1.44 bits per heavy atom. The standard InChI is InChI=1S/C17H21BrN4O2.ClH/c1-12-16(19-7-9-24-12)17(23)21-15-4-2-13(3-5-15)6-8-22-11-14(18)10-20-22;/h2-5,10-12,16,19H,6-9H2,1H3,(H,21,23);1H/t12-,16+;/m1./s1. The highest BCUT2D eigenvalue weighted by molar-refractivity contribution is 9.10. The van der Waals surface area contributed by atoms with E-state index in [9.17, 15) is 4.79 Å². The van der Waals surface area contributed by atoms with Gasteiger partial charge in [0.05, 0.1) is 23.4 Å². The van der Waals surface area contributed by atoms with Crippen molar-refractivity contribution in [3.63, 3.8) is 0 Å². The number of morpholine rings is 1. The fourth-order valence-corrected chi connectivity index (χ4v) is 3.03. The zero-order valence-corrected chi connectivity index (χ0v) is 16.3. The van der Waals surface area contributed by atoms with E-state index in [1.807, 2.05) is 42.1 Å². The molecule has 1 fully saturated rings. The quantitative estimate of drug-likeness (QED) is 0.767. The largest absolute Gasteiger partial charge is 0.375 e. The predicted molar refractivity (Wildman–Crippen MR) is 103 cm³/mol. The molecule has 2 N–H and O–H groups in total. The second kappa shape index (κ2) is 9.33. The lowest BCUT2D eigenvalue weighted by molar-refractivity contribution is -0.123. The zero-order valence-electron chi connectivity index (χ0n) is 13.9. The summed E-state index contributed by atoms with van der Waals surface area (Å²) in [4.78, 5) is 12.3. The van der Waals surface area contributed by atoms with Crippen LogP contribution in [0.1, 0.15) is 12.5 Å².